The number of amides is 2. The minimum atomic E-state index is 0.0630. The van der Waals surface area contributed by atoms with Gasteiger partial charge in [0.15, 0.2) is 0 Å². The monoisotopic (exact) mass is 274 g/mol. The molecule has 0 bridgehead atoms. The Morgan fingerprint density at radius 1 is 1.25 bits per heavy atom. The molecule has 0 heterocycles. The van der Waals surface area contributed by atoms with Crippen LogP contribution in [0, 0.1) is 6.92 Å². The molecular formula is C17H26N2O. The number of anilines is 1. The topological polar surface area (TPSA) is 32.3 Å². The lowest BCUT2D eigenvalue weighted by Gasteiger charge is -2.34. The summed E-state index contributed by atoms with van der Waals surface area (Å²) in [4.78, 5) is 14.6. The first-order valence-electron chi connectivity index (χ1n) is 7.85. The van der Waals surface area contributed by atoms with Crippen LogP contribution in [0.2, 0.25) is 0 Å². The van der Waals surface area contributed by atoms with Gasteiger partial charge in [-0.2, -0.15) is 0 Å². The molecule has 0 radical (unpaired) electrons. The molecule has 1 N–H and O–H groups in total. The number of nitrogens with one attached hydrogen (secondary N) is 1. The van der Waals surface area contributed by atoms with E-state index in [-0.39, 0.29) is 6.03 Å². The largest absolute Gasteiger partial charge is 0.322 e. The standard InChI is InChI=1S/C17H26N2O/c1-3-13-19(15-10-5-4-6-11-15)17(20)18-16-12-8-7-9-14(16)2/h7-9,12,15H,3-6,10-11,13H2,1-2H3,(H,18,20). The second-order valence-corrected chi connectivity index (χ2v) is 5.73. The van der Waals surface area contributed by atoms with E-state index in [1.54, 1.807) is 0 Å². The lowest BCUT2D eigenvalue weighted by atomic mass is 9.94. The number of para-hydroxylation sites is 1. The zero-order valence-electron chi connectivity index (χ0n) is 12.7. The molecule has 110 valence electrons. The first-order chi connectivity index (χ1) is 9.72. The maximum absolute atomic E-state index is 12.6. The molecule has 0 aromatic heterocycles. The first kappa shape index (κ1) is 14.9. The molecular weight excluding hydrogens is 248 g/mol. The SMILES string of the molecule is CCCN(C(=O)Nc1ccccc1C)C1CCCCC1. The van der Waals surface area contributed by atoms with Crippen LogP contribution in [0.3, 0.4) is 0 Å². The van der Waals surface area contributed by atoms with Gasteiger partial charge in [-0.3, -0.25) is 0 Å². The number of hydrogen-bond donors (Lipinski definition) is 1. The number of benzene rings is 1. The number of carbonyl (C=O) groups is 1. The molecule has 1 aromatic carbocycles. The van der Waals surface area contributed by atoms with Crippen molar-refractivity contribution in [2.75, 3.05) is 11.9 Å². The Labute approximate surface area is 122 Å². The number of hydrogen-bond acceptors (Lipinski definition) is 1. The summed E-state index contributed by atoms with van der Waals surface area (Å²) in [6, 6.07) is 8.45. The van der Waals surface area contributed by atoms with Gasteiger partial charge in [0, 0.05) is 18.3 Å². The minimum absolute atomic E-state index is 0.0630. The Balaban J connectivity index is 2.04. The fraction of sp³-hybridized carbons (Fsp3) is 0.588. The van der Waals surface area contributed by atoms with E-state index < -0.39 is 0 Å². The minimum Gasteiger partial charge on any atom is -0.322 e. The Bertz CT molecular complexity index is 438. The Hall–Kier alpha value is -1.51. The molecule has 0 atom stereocenters. The van der Waals surface area contributed by atoms with Gasteiger partial charge in [-0.1, -0.05) is 44.4 Å². The van der Waals surface area contributed by atoms with E-state index in [0.717, 1.165) is 37.1 Å². The van der Waals surface area contributed by atoms with E-state index >= 15 is 0 Å². The summed E-state index contributed by atoms with van der Waals surface area (Å²) in [7, 11) is 0. The van der Waals surface area contributed by atoms with Crippen molar-refractivity contribution in [2.45, 2.75) is 58.4 Å². The second-order valence-electron chi connectivity index (χ2n) is 5.73. The van der Waals surface area contributed by atoms with Gasteiger partial charge in [-0.15, -0.1) is 0 Å². The van der Waals surface area contributed by atoms with E-state index in [0.29, 0.717) is 6.04 Å². The summed E-state index contributed by atoms with van der Waals surface area (Å²) >= 11 is 0. The number of aryl methyl sites for hydroxylation is 1. The van der Waals surface area contributed by atoms with Crippen molar-refractivity contribution in [1.82, 2.24) is 4.90 Å². The molecule has 0 spiro atoms. The van der Waals surface area contributed by atoms with Crippen molar-refractivity contribution in [3.8, 4) is 0 Å². The summed E-state index contributed by atoms with van der Waals surface area (Å²) in [5.41, 5.74) is 2.04. The van der Waals surface area contributed by atoms with Crippen LogP contribution < -0.4 is 5.32 Å². The van der Waals surface area contributed by atoms with Crippen LogP contribution in [-0.2, 0) is 0 Å². The summed E-state index contributed by atoms with van der Waals surface area (Å²) in [5, 5.41) is 3.08. The van der Waals surface area contributed by atoms with Gasteiger partial charge in [-0.05, 0) is 37.8 Å². The number of nitrogens with zero attached hydrogens (tertiary/aromatic N) is 1. The third-order valence-electron chi connectivity index (χ3n) is 4.13. The van der Waals surface area contributed by atoms with E-state index in [1.807, 2.05) is 36.1 Å². The van der Waals surface area contributed by atoms with Crippen LogP contribution in [0.5, 0.6) is 0 Å². The third-order valence-corrected chi connectivity index (χ3v) is 4.13. The molecule has 1 aromatic rings. The fourth-order valence-corrected chi connectivity index (χ4v) is 2.98. The van der Waals surface area contributed by atoms with Gasteiger partial charge < -0.3 is 10.2 Å². The van der Waals surface area contributed by atoms with Crippen molar-refractivity contribution in [2.24, 2.45) is 0 Å². The number of carbonyl (C=O) groups excluding carboxylic acids is 1. The molecule has 0 aliphatic heterocycles. The van der Waals surface area contributed by atoms with E-state index in [1.165, 1.54) is 19.3 Å². The zero-order chi connectivity index (χ0) is 14.4. The molecule has 0 unspecified atom stereocenters. The highest BCUT2D eigenvalue weighted by Crippen LogP contribution is 2.24. The van der Waals surface area contributed by atoms with Crippen LogP contribution in [-0.4, -0.2) is 23.5 Å². The lowest BCUT2D eigenvalue weighted by Crippen LogP contribution is -2.44. The van der Waals surface area contributed by atoms with Gasteiger partial charge in [0.25, 0.3) is 0 Å². The Morgan fingerprint density at radius 3 is 2.60 bits per heavy atom. The van der Waals surface area contributed by atoms with E-state index in [4.69, 9.17) is 0 Å². The number of urea groups is 1. The molecule has 3 heteroatoms. The molecule has 2 amide bonds. The molecule has 1 saturated carbocycles. The summed E-state index contributed by atoms with van der Waals surface area (Å²) in [6.45, 7) is 5.01. The Kier molecular flexibility index (Phi) is 5.45. The number of rotatable bonds is 4. The van der Waals surface area contributed by atoms with Gasteiger partial charge in [-0.25, -0.2) is 4.79 Å². The highest BCUT2D eigenvalue weighted by molar-refractivity contribution is 5.90. The maximum atomic E-state index is 12.6. The first-order valence-corrected chi connectivity index (χ1v) is 7.85. The smallest absolute Gasteiger partial charge is 0.322 e. The quantitative estimate of drug-likeness (QED) is 0.857. The second kappa shape index (κ2) is 7.32. The van der Waals surface area contributed by atoms with Gasteiger partial charge in [0.2, 0.25) is 0 Å². The van der Waals surface area contributed by atoms with Crippen molar-refractivity contribution >= 4 is 11.7 Å². The molecule has 3 nitrogen and oxygen atoms in total. The van der Waals surface area contributed by atoms with Crippen LogP contribution in [0.25, 0.3) is 0 Å². The summed E-state index contributed by atoms with van der Waals surface area (Å²) in [6.07, 6.45) is 7.14. The van der Waals surface area contributed by atoms with E-state index in [2.05, 4.69) is 12.2 Å². The van der Waals surface area contributed by atoms with Crippen molar-refractivity contribution in [1.29, 1.82) is 0 Å². The molecule has 1 aliphatic carbocycles. The van der Waals surface area contributed by atoms with Crippen molar-refractivity contribution in [3.63, 3.8) is 0 Å². The average Bonchev–Trinajstić information content (AvgIpc) is 2.48. The molecule has 0 saturated heterocycles. The molecule has 1 aliphatic rings. The summed E-state index contributed by atoms with van der Waals surface area (Å²) in [5.74, 6) is 0. The van der Waals surface area contributed by atoms with E-state index in [9.17, 15) is 4.79 Å². The van der Waals surface area contributed by atoms with Crippen LogP contribution >= 0.6 is 0 Å². The molecule has 1 fully saturated rings. The molecule has 2 rings (SSSR count). The predicted octanol–water partition coefficient (Wildman–Crippen LogP) is 4.57. The van der Waals surface area contributed by atoms with Crippen molar-refractivity contribution < 1.29 is 4.79 Å². The molecule has 20 heavy (non-hydrogen) atoms. The average molecular weight is 274 g/mol. The third kappa shape index (κ3) is 3.75. The normalized spacial score (nSPS) is 15.9. The lowest BCUT2D eigenvalue weighted by molar-refractivity contribution is 0.167. The fourth-order valence-electron chi connectivity index (χ4n) is 2.98. The van der Waals surface area contributed by atoms with Crippen LogP contribution in [0.15, 0.2) is 24.3 Å². The van der Waals surface area contributed by atoms with Crippen LogP contribution in [0.4, 0.5) is 10.5 Å². The van der Waals surface area contributed by atoms with Gasteiger partial charge in [0.05, 0.1) is 0 Å². The summed E-state index contributed by atoms with van der Waals surface area (Å²) < 4.78 is 0. The predicted molar refractivity (Wildman–Crippen MR) is 84.1 cm³/mol. The highest BCUT2D eigenvalue weighted by Gasteiger charge is 2.24. The van der Waals surface area contributed by atoms with Crippen molar-refractivity contribution in [3.05, 3.63) is 29.8 Å². The van der Waals surface area contributed by atoms with Gasteiger partial charge in [0.1, 0.15) is 0 Å². The Morgan fingerprint density at radius 2 is 1.95 bits per heavy atom. The van der Waals surface area contributed by atoms with Gasteiger partial charge >= 0.3 is 6.03 Å². The maximum Gasteiger partial charge on any atom is 0.322 e. The highest BCUT2D eigenvalue weighted by atomic mass is 16.2. The van der Waals surface area contributed by atoms with Crippen LogP contribution in [0.1, 0.15) is 51.0 Å². The zero-order valence-corrected chi connectivity index (χ0v) is 12.7.